The van der Waals surface area contributed by atoms with E-state index in [4.69, 9.17) is 0 Å². The minimum Gasteiger partial charge on any atom is -0.376 e. The third-order valence-electron chi connectivity index (χ3n) is 3.83. The molecule has 106 valence electrons. The zero-order valence-electron chi connectivity index (χ0n) is 12.6. The van der Waals surface area contributed by atoms with Gasteiger partial charge in [-0.15, -0.1) is 0 Å². The number of benzene rings is 2. The molecule has 0 unspecified atom stereocenters. The van der Waals surface area contributed by atoms with E-state index in [9.17, 15) is 4.79 Å². The van der Waals surface area contributed by atoms with Crippen LogP contribution in [0.2, 0.25) is 0 Å². The van der Waals surface area contributed by atoms with E-state index in [0.29, 0.717) is 5.56 Å². The highest BCUT2D eigenvalue weighted by molar-refractivity contribution is 5.85. The minimum absolute atomic E-state index is 0.0178. The Balaban J connectivity index is 2.08. The second kappa shape index (κ2) is 4.88. The van der Waals surface area contributed by atoms with E-state index in [-0.39, 0.29) is 5.54 Å². The summed E-state index contributed by atoms with van der Waals surface area (Å²) in [5.41, 5.74) is 6.56. The molecule has 0 fully saturated rings. The molecular weight excluding hydrogens is 258 g/mol. The molecule has 1 aliphatic heterocycles. The minimum atomic E-state index is -0.0178. The molecule has 1 heterocycles. The Morgan fingerprint density at radius 1 is 1.05 bits per heavy atom. The van der Waals surface area contributed by atoms with Gasteiger partial charge in [-0.3, -0.25) is 4.79 Å². The number of carbonyl (C=O) groups is 1. The fourth-order valence-corrected chi connectivity index (χ4v) is 2.95. The first-order valence-electron chi connectivity index (χ1n) is 7.16. The number of hydrogen-bond acceptors (Lipinski definition) is 2. The third kappa shape index (κ3) is 2.62. The molecule has 21 heavy (non-hydrogen) atoms. The van der Waals surface area contributed by atoms with Crippen LogP contribution in [0, 0.1) is 0 Å². The Morgan fingerprint density at radius 3 is 2.57 bits per heavy atom. The number of carbonyl (C=O) groups excluding carboxylic acids is 1. The summed E-state index contributed by atoms with van der Waals surface area (Å²) in [5.74, 6) is 0. The Bertz CT molecular complexity index is 741. The monoisotopic (exact) mass is 277 g/mol. The molecule has 1 N–H and O–H groups in total. The van der Waals surface area contributed by atoms with Crippen molar-refractivity contribution in [1.82, 2.24) is 0 Å². The summed E-state index contributed by atoms with van der Waals surface area (Å²) in [6, 6.07) is 14.1. The number of anilines is 1. The maximum Gasteiger partial charge on any atom is 0.150 e. The van der Waals surface area contributed by atoms with Crippen molar-refractivity contribution >= 4 is 17.5 Å². The van der Waals surface area contributed by atoms with E-state index < -0.39 is 0 Å². The van der Waals surface area contributed by atoms with Gasteiger partial charge in [0, 0.05) is 16.8 Å². The van der Waals surface area contributed by atoms with E-state index in [1.165, 1.54) is 11.1 Å². The first-order valence-corrected chi connectivity index (χ1v) is 7.16. The molecule has 0 radical (unpaired) electrons. The maximum absolute atomic E-state index is 10.9. The summed E-state index contributed by atoms with van der Waals surface area (Å²) in [6.07, 6.45) is 3.14. The van der Waals surface area contributed by atoms with E-state index in [0.717, 1.165) is 23.1 Å². The van der Waals surface area contributed by atoms with Crippen molar-refractivity contribution < 1.29 is 4.79 Å². The SMILES string of the molecule is CC1=CC(C)(C)Nc2ccc(-c3cccc(C=O)c3)cc21. The van der Waals surface area contributed by atoms with Gasteiger partial charge in [0.25, 0.3) is 0 Å². The summed E-state index contributed by atoms with van der Waals surface area (Å²) in [7, 11) is 0. The molecule has 0 atom stereocenters. The lowest BCUT2D eigenvalue weighted by Gasteiger charge is -2.31. The molecule has 0 aromatic heterocycles. The average Bonchev–Trinajstić information content (AvgIpc) is 2.46. The molecule has 0 bridgehead atoms. The quantitative estimate of drug-likeness (QED) is 0.801. The highest BCUT2D eigenvalue weighted by Crippen LogP contribution is 2.36. The van der Waals surface area contributed by atoms with Gasteiger partial charge in [0.15, 0.2) is 0 Å². The number of rotatable bonds is 2. The molecule has 0 saturated heterocycles. The van der Waals surface area contributed by atoms with Gasteiger partial charge in [0.05, 0.1) is 5.54 Å². The fourth-order valence-electron chi connectivity index (χ4n) is 2.95. The Kier molecular flexibility index (Phi) is 3.17. The Labute approximate surface area is 125 Å². The van der Waals surface area contributed by atoms with E-state index in [1.807, 2.05) is 24.3 Å². The van der Waals surface area contributed by atoms with Crippen molar-refractivity contribution in [2.45, 2.75) is 26.3 Å². The van der Waals surface area contributed by atoms with Crippen LogP contribution < -0.4 is 5.32 Å². The zero-order chi connectivity index (χ0) is 15.0. The van der Waals surface area contributed by atoms with Crippen molar-refractivity contribution in [1.29, 1.82) is 0 Å². The highest BCUT2D eigenvalue weighted by Gasteiger charge is 2.22. The van der Waals surface area contributed by atoms with E-state index in [1.54, 1.807) is 0 Å². The molecule has 2 heteroatoms. The van der Waals surface area contributed by atoms with E-state index >= 15 is 0 Å². The molecule has 0 spiro atoms. The van der Waals surface area contributed by atoms with Crippen LogP contribution in [-0.2, 0) is 0 Å². The first kappa shape index (κ1) is 13.6. The van der Waals surface area contributed by atoms with Crippen LogP contribution in [0.1, 0.15) is 36.7 Å². The topological polar surface area (TPSA) is 29.1 Å². The summed E-state index contributed by atoms with van der Waals surface area (Å²) in [4.78, 5) is 10.9. The standard InChI is InChI=1S/C19H19NO/c1-13-11-19(2,3)20-18-8-7-16(10-17(13)18)15-6-4-5-14(9-15)12-21/h4-12,20H,1-3H3. The fraction of sp³-hybridized carbons (Fsp3) is 0.211. The van der Waals surface area contributed by atoms with Crippen LogP contribution in [0.3, 0.4) is 0 Å². The van der Waals surface area contributed by atoms with Crippen LogP contribution in [0.15, 0.2) is 48.5 Å². The van der Waals surface area contributed by atoms with Gasteiger partial charge in [-0.2, -0.15) is 0 Å². The molecule has 3 rings (SSSR count). The van der Waals surface area contributed by atoms with Crippen LogP contribution >= 0.6 is 0 Å². The number of nitrogens with one attached hydrogen (secondary N) is 1. The van der Waals surface area contributed by atoms with Gasteiger partial charge in [-0.05, 0) is 55.7 Å². The van der Waals surface area contributed by atoms with Crippen molar-refractivity contribution in [3.8, 4) is 11.1 Å². The number of fused-ring (bicyclic) bond motifs is 1. The van der Waals surface area contributed by atoms with Crippen molar-refractivity contribution in [2.24, 2.45) is 0 Å². The van der Waals surface area contributed by atoms with Gasteiger partial charge < -0.3 is 5.32 Å². The second-order valence-corrected chi connectivity index (χ2v) is 6.18. The molecule has 1 aliphatic rings. The van der Waals surface area contributed by atoms with Crippen LogP contribution in [0.5, 0.6) is 0 Å². The summed E-state index contributed by atoms with van der Waals surface area (Å²) < 4.78 is 0. The number of hydrogen-bond donors (Lipinski definition) is 1. The largest absolute Gasteiger partial charge is 0.376 e. The first-order chi connectivity index (χ1) is 9.98. The number of allylic oxidation sites excluding steroid dienone is 1. The average molecular weight is 277 g/mol. The summed E-state index contributed by atoms with van der Waals surface area (Å²) in [5, 5.41) is 3.54. The maximum atomic E-state index is 10.9. The van der Waals surface area contributed by atoms with Gasteiger partial charge in [0.1, 0.15) is 6.29 Å². The van der Waals surface area contributed by atoms with Gasteiger partial charge in [0.2, 0.25) is 0 Å². The second-order valence-electron chi connectivity index (χ2n) is 6.18. The molecular formula is C19H19NO. The number of aldehydes is 1. The lowest BCUT2D eigenvalue weighted by molar-refractivity contribution is 0.112. The predicted molar refractivity (Wildman–Crippen MR) is 88.6 cm³/mol. The molecule has 2 aromatic rings. The molecule has 2 nitrogen and oxygen atoms in total. The van der Waals surface area contributed by atoms with Gasteiger partial charge in [-0.1, -0.05) is 30.3 Å². The van der Waals surface area contributed by atoms with Crippen LogP contribution in [0.4, 0.5) is 5.69 Å². The summed E-state index contributed by atoms with van der Waals surface area (Å²) >= 11 is 0. The normalized spacial score (nSPS) is 15.7. The third-order valence-corrected chi connectivity index (χ3v) is 3.83. The molecule has 0 amide bonds. The zero-order valence-corrected chi connectivity index (χ0v) is 12.6. The van der Waals surface area contributed by atoms with Gasteiger partial charge >= 0.3 is 0 Å². The predicted octanol–water partition coefficient (Wildman–Crippen LogP) is 4.77. The Morgan fingerprint density at radius 2 is 1.81 bits per heavy atom. The van der Waals surface area contributed by atoms with Crippen molar-refractivity contribution in [3.05, 3.63) is 59.7 Å². The summed E-state index contributed by atoms with van der Waals surface area (Å²) in [6.45, 7) is 6.48. The van der Waals surface area contributed by atoms with Crippen LogP contribution in [0.25, 0.3) is 16.7 Å². The van der Waals surface area contributed by atoms with Crippen LogP contribution in [-0.4, -0.2) is 11.8 Å². The molecule has 2 aromatic carbocycles. The molecule has 0 saturated carbocycles. The van der Waals surface area contributed by atoms with Crippen molar-refractivity contribution in [3.63, 3.8) is 0 Å². The van der Waals surface area contributed by atoms with Gasteiger partial charge in [-0.25, -0.2) is 0 Å². The van der Waals surface area contributed by atoms with Crippen molar-refractivity contribution in [2.75, 3.05) is 5.32 Å². The Hall–Kier alpha value is -2.35. The smallest absolute Gasteiger partial charge is 0.150 e. The van der Waals surface area contributed by atoms with E-state index in [2.05, 4.69) is 50.4 Å². The molecule has 0 aliphatic carbocycles. The highest BCUT2D eigenvalue weighted by atomic mass is 16.1. The lowest BCUT2D eigenvalue weighted by Crippen LogP contribution is -2.31. The lowest BCUT2D eigenvalue weighted by atomic mass is 9.89.